The second kappa shape index (κ2) is 13.1. The van der Waals surface area contributed by atoms with E-state index in [1.165, 1.54) is 12.8 Å². The summed E-state index contributed by atoms with van der Waals surface area (Å²) < 4.78 is 35.4. The summed E-state index contributed by atoms with van der Waals surface area (Å²) in [5, 5.41) is 0.962. The first-order valence-corrected chi connectivity index (χ1v) is 12.3. The topological polar surface area (TPSA) is 22.1 Å². The van der Waals surface area contributed by atoms with Gasteiger partial charge < -0.3 is 4.74 Å². The number of ether oxygens (including phenoxy) is 1. The van der Waals surface area contributed by atoms with Crippen LogP contribution in [0.2, 0.25) is 0 Å². The molecule has 0 saturated heterocycles. The Labute approximate surface area is 202 Å². The molecule has 0 aliphatic rings. The van der Waals surface area contributed by atoms with Crippen molar-refractivity contribution in [1.29, 1.82) is 0 Å². The maximum atomic E-state index is 14.9. The van der Waals surface area contributed by atoms with Gasteiger partial charge in [0.15, 0.2) is 11.6 Å². The summed E-state index contributed by atoms with van der Waals surface area (Å²) in [5.74, 6) is -1.71. The number of pyridine rings is 1. The molecule has 180 valence electrons. The largest absolute Gasteiger partial charge is 0.379 e. The van der Waals surface area contributed by atoms with Crippen LogP contribution in [0.15, 0.2) is 61.2 Å². The van der Waals surface area contributed by atoms with Crippen molar-refractivity contribution in [1.82, 2.24) is 4.98 Å². The summed E-state index contributed by atoms with van der Waals surface area (Å²) in [5.41, 5.74) is 2.72. The summed E-state index contributed by atoms with van der Waals surface area (Å²) in [6.07, 6.45) is 12.6. The lowest BCUT2D eigenvalue weighted by molar-refractivity contribution is 0.0566. The van der Waals surface area contributed by atoms with Crippen molar-refractivity contribution in [3.05, 3.63) is 84.0 Å². The zero-order valence-electron chi connectivity index (χ0n) is 20.3. The third-order valence-corrected chi connectivity index (χ3v) is 5.95. The molecule has 0 spiro atoms. The SMILES string of the molecule is C=CCc1ccc2nc(-c3ccc(C=CCCCC(C)OCCCCC)c(F)c3F)ccc2c1. The normalized spacial score (nSPS) is 12.5. The molecule has 0 aliphatic carbocycles. The number of benzene rings is 2. The van der Waals surface area contributed by atoms with Crippen LogP contribution >= 0.6 is 0 Å². The van der Waals surface area contributed by atoms with Crippen molar-refractivity contribution < 1.29 is 13.5 Å². The van der Waals surface area contributed by atoms with Crippen molar-refractivity contribution in [2.45, 2.75) is 64.9 Å². The number of hydrogen-bond donors (Lipinski definition) is 0. The van der Waals surface area contributed by atoms with Crippen LogP contribution in [0.3, 0.4) is 0 Å². The Balaban J connectivity index is 1.61. The van der Waals surface area contributed by atoms with Crippen LogP contribution in [0.1, 0.15) is 63.5 Å². The molecule has 1 unspecified atom stereocenters. The summed E-state index contributed by atoms with van der Waals surface area (Å²) in [6, 6.07) is 12.8. The van der Waals surface area contributed by atoms with Crippen LogP contribution in [0, 0.1) is 11.6 Å². The fourth-order valence-corrected chi connectivity index (χ4v) is 3.96. The Hall–Kier alpha value is -2.85. The Morgan fingerprint density at radius 2 is 1.88 bits per heavy atom. The van der Waals surface area contributed by atoms with Crippen LogP contribution in [-0.2, 0) is 11.2 Å². The van der Waals surface area contributed by atoms with Crippen LogP contribution < -0.4 is 0 Å². The van der Waals surface area contributed by atoms with Gasteiger partial charge in [-0.1, -0.05) is 56.2 Å². The number of allylic oxidation sites excluding steroid dienone is 2. The fourth-order valence-electron chi connectivity index (χ4n) is 3.96. The molecule has 34 heavy (non-hydrogen) atoms. The van der Waals surface area contributed by atoms with Gasteiger partial charge >= 0.3 is 0 Å². The highest BCUT2D eigenvalue weighted by Crippen LogP contribution is 2.28. The van der Waals surface area contributed by atoms with Crippen molar-refractivity contribution in [2.24, 2.45) is 0 Å². The van der Waals surface area contributed by atoms with Crippen molar-refractivity contribution in [2.75, 3.05) is 6.61 Å². The van der Waals surface area contributed by atoms with Gasteiger partial charge in [0.1, 0.15) is 0 Å². The number of hydrogen-bond acceptors (Lipinski definition) is 2. The molecule has 0 bridgehead atoms. The van der Waals surface area contributed by atoms with Crippen LogP contribution in [0.5, 0.6) is 0 Å². The van der Waals surface area contributed by atoms with Gasteiger partial charge in [0.05, 0.1) is 17.3 Å². The molecule has 0 N–H and O–H groups in total. The zero-order chi connectivity index (χ0) is 24.3. The van der Waals surface area contributed by atoms with E-state index in [4.69, 9.17) is 4.74 Å². The van der Waals surface area contributed by atoms with Gasteiger partial charge in [-0.05, 0) is 68.9 Å². The quantitative estimate of drug-likeness (QED) is 0.187. The van der Waals surface area contributed by atoms with Gasteiger partial charge in [-0.2, -0.15) is 0 Å². The lowest BCUT2D eigenvalue weighted by Gasteiger charge is -2.12. The van der Waals surface area contributed by atoms with Gasteiger partial charge in [0.25, 0.3) is 0 Å². The molecule has 2 nitrogen and oxygen atoms in total. The molecular weight excluding hydrogens is 428 g/mol. The third kappa shape index (κ3) is 7.07. The molecule has 3 rings (SSSR count). The highest BCUT2D eigenvalue weighted by Gasteiger charge is 2.15. The van der Waals surface area contributed by atoms with Gasteiger partial charge in [-0.15, -0.1) is 6.58 Å². The fraction of sp³-hybridized carbons (Fsp3) is 0.367. The molecule has 0 aliphatic heterocycles. The monoisotopic (exact) mass is 463 g/mol. The van der Waals surface area contributed by atoms with Crippen LogP contribution in [0.25, 0.3) is 28.2 Å². The molecule has 1 heterocycles. The number of unbranched alkanes of at least 4 members (excludes halogenated alkanes) is 3. The summed E-state index contributed by atoms with van der Waals surface area (Å²) in [7, 11) is 0. The van der Waals surface area contributed by atoms with E-state index in [0.717, 1.165) is 55.2 Å². The highest BCUT2D eigenvalue weighted by atomic mass is 19.2. The third-order valence-electron chi connectivity index (χ3n) is 5.95. The minimum Gasteiger partial charge on any atom is -0.379 e. The predicted molar refractivity (Wildman–Crippen MR) is 139 cm³/mol. The first-order valence-electron chi connectivity index (χ1n) is 12.3. The molecule has 1 aromatic heterocycles. The second-order valence-corrected chi connectivity index (χ2v) is 8.77. The minimum absolute atomic E-state index is 0.167. The van der Waals surface area contributed by atoms with E-state index in [0.29, 0.717) is 5.69 Å². The second-order valence-electron chi connectivity index (χ2n) is 8.77. The van der Waals surface area contributed by atoms with Crippen molar-refractivity contribution >= 4 is 17.0 Å². The minimum atomic E-state index is -0.869. The van der Waals surface area contributed by atoms with E-state index in [2.05, 4.69) is 25.4 Å². The maximum Gasteiger partial charge on any atom is 0.168 e. The maximum absolute atomic E-state index is 14.9. The average molecular weight is 464 g/mol. The Morgan fingerprint density at radius 1 is 1.03 bits per heavy atom. The van der Waals surface area contributed by atoms with Crippen LogP contribution in [0.4, 0.5) is 8.78 Å². The molecule has 3 aromatic rings. The number of nitrogens with zero attached hydrogens (tertiary/aromatic N) is 1. The van der Waals surface area contributed by atoms with Crippen LogP contribution in [-0.4, -0.2) is 17.7 Å². The smallest absolute Gasteiger partial charge is 0.168 e. The number of rotatable bonds is 13. The lowest BCUT2D eigenvalue weighted by atomic mass is 10.0. The highest BCUT2D eigenvalue weighted by molar-refractivity contribution is 5.82. The summed E-state index contributed by atoms with van der Waals surface area (Å²) in [4.78, 5) is 4.55. The first kappa shape index (κ1) is 25.8. The summed E-state index contributed by atoms with van der Waals surface area (Å²) in [6.45, 7) is 8.84. The predicted octanol–water partition coefficient (Wildman–Crippen LogP) is 8.69. The van der Waals surface area contributed by atoms with E-state index in [1.807, 2.05) is 36.4 Å². The van der Waals surface area contributed by atoms with E-state index in [9.17, 15) is 8.78 Å². The Kier molecular flexibility index (Phi) is 9.96. The first-order chi connectivity index (χ1) is 16.5. The zero-order valence-corrected chi connectivity index (χ0v) is 20.3. The Morgan fingerprint density at radius 3 is 2.68 bits per heavy atom. The lowest BCUT2D eigenvalue weighted by Crippen LogP contribution is -2.08. The van der Waals surface area contributed by atoms with E-state index >= 15 is 0 Å². The molecule has 0 fully saturated rings. The van der Waals surface area contributed by atoms with Gasteiger partial charge in [-0.3, -0.25) is 0 Å². The van der Waals surface area contributed by atoms with E-state index in [1.54, 1.807) is 24.3 Å². The van der Waals surface area contributed by atoms with Gasteiger partial charge in [-0.25, -0.2) is 13.8 Å². The Bertz CT molecular complexity index is 1120. The molecule has 4 heteroatoms. The molecular formula is C30H35F2NO. The molecule has 2 aromatic carbocycles. The van der Waals surface area contributed by atoms with Crippen molar-refractivity contribution in [3.8, 4) is 11.3 Å². The molecule has 0 saturated carbocycles. The number of aromatic nitrogens is 1. The van der Waals surface area contributed by atoms with Gasteiger partial charge in [0.2, 0.25) is 0 Å². The van der Waals surface area contributed by atoms with Crippen molar-refractivity contribution in [3.63, 3.8) is 0 Å². The average Bonchev–Trinajstić information content (AvgIpc) is 2.84. The number of fused-ring (bicyclic) bond motifs is 1. The summed E-state index contributed by atoms with van der Waals surface area (Å²) >= 11 is 0. The number of halogens is 2. The molecule has 0 radical (unpaired) electrons. The van der Waals surface area contributed by atoms with E-state index in [-0.39, 0.29) is 17.2 Å². The molecule has 0 amide bonds. The van der Waals surface area contributed by atoms with Gasteiger partial charge in [0, 0.05) is 23.1 Å². The van der Waals surface area contributed by atoms with E-state index < -0.39 is 11.6 Å². The molecule has 1 atom stereocenters. The standard InChI is InChI=1S/C30H35F2NO/c1-4-6-10-20-34-22(3)12-8-7-9-13-24-15-17-26(30(32)29(24)31)28-19-16-25-21-23(11-5-2)14-18-27(25)33-28/h5,9,13-19,21-22H,2,4,6-8,10-12,20H2,1,3H3.